The van der Waals surface area contributed by atoms with Crippen molar-refractivity contribution in [3.05, 3.63) is 62.4 Å². The van der Waals surface area contributed by atoms with Crippen LogP contribution in [0.15, 0.2) is 41.4 Å². The molecule has 3 aromatic rings. The summed E-state index contributed by atoms with van der Waals surface area (Å²) in [6, 6.07) is 9.32. The number of amides is 1. The number of hydrogen-bond acceptors (Lipinski definition) is 6. The van der Waals surface area contributed by atoms with Crippen LogP contribution in [0.4, 0.5) is 0 Å². The number of esters is 2. The third-order valence-electron chi connectivity index (χ3n) is 4.06. The van der Waals surface area contributed by atoms with Crippen LogP contribution >= 0.6 is 34.5 Å². The molecular weight excluding hydrogens is 451 g/mol. The molecule has 156 valence electrons. The standard InChI is InChI=1S/C20H16Cl2N2O5S/c1-3-29-17(25)10-24-15-7-4-11(19(27)28-2)8-16(15)30-20(24)23-18(26)13-6-5-12(21)9-14(13)22/h4-9H,3,10H2,1-2H3. The highest BCUT2D eigenvalue weighted by Crippen LogP contribution is 2.23. The Morgan fingerprint density at radius 1 is 1.13 bits per heavy atom. The Bertz CT molecular complexity index is 1220. The van der Waals surface area contributed by atoms with Crippen molar-refractivity contribution >= 4 is 62.6 Å². The van der Waals surface area contributed by atoms with Crippen molar-refractivity contribution in [2.24, 2.45) is 4.99 Å². The molecule has 1 aromatic heterocycles. The Morgan fingerprint density at radius 3 is 2.57 bits per heavy atom. The molecule has 0 unspecified atom stereocenters. The molecule has 10 heteroatoms. The molecule has 2 aromatic carbocycles. The minimum Gasteiger partial charge on any atom is -0.465 e. The molecule has 0 aliphatic rings. The van der Waals surface area contributed by atoms with Crippen molar-refractivity contribution in [1.82, 2.24) is 4.57 Å². The van der Waals surface area contributed by atoms with E-state index in [1.54, 1.807) is 29.7 Å². The molecule has 0 bridgehead atoms. The Morgan fingerprint density at radius 2 is 1.90 bits per heavy atom. The summed E-state index contributed by atoms with van der Waals surface area (Å²) in [5, 5.41) is 0.563. The predicted molar refractivity (Wildman–Crippen MR) is 114 cm³/mol. The Labute approximate surface area is 185 Å². The molecule has 0 aliphatic heterocycles. The maximum Gasteiger partial charge on any atom is 0.337 e. The largest absolute Gasteiger partial charge is 0.465 e. The molecule has 1 heterocycles. The molecule has 0 saturated heterocycles. The average molecular weight is 467 g/mol. The van der Waals surface area contributed by atoms with Crippen LogP contribution in [0.2, 0.25) is 10.0 Å². The van der Waals surface area contributed by atoms with Crippen LogP contribution in [0, 0.1) is 0 Å². The van der Waals surface area contributed by atoms with Gasteiger partial charge in [-0.15, -0.1) is 0 Å². The van der Waals surface area contributed by atoms with Gasteiger partial charge < -0.3 is 14.0 Å². The predicted octanol–water partition coefficient (Wildman–Crippen LogP) is 4.10. The third kappa shape index (κ3) is 4.72. The minimum atomic E-state index is -0.589. The third-order valence-corrected chi connectivity index (χ3v) is 5.64. The van der Waals surface area contributed by atoms with Gasteiger partial charge in [-0.25, -0.2) is 4.79 Å². The zero-order chi connectivity index (χ0) is 21.8. The number of thiazole rings is 1. The van der Waals surface area contributed by atoms with Gasteiger partial charge in [-0.1, -0.05) is 34.5 Å². The van der Waals surface area contributed by atoms with Gasteiger partial charge in [0.1, 0.15) is 6.54 Å². The number of carbonyl (C=O) groups is 3. The second kappa shape index (κ2) is 9.42. The maximum atomic E-state index is 12.7. The quantitative estimate of drug-likeness (QED) is 0.528. The van der Waals surface area contributed by atoms with Crippen molar-refractivity contribution in [1.29, 1.82) is 0 Å². The summed E-state index contributed by atoms with van der Waals surface area (Å²) in [7, 11) is 1.29. The first kappa shape index (κ1) is 22.0. The van der Waals surface area contributed by atoms with Crippen LogP contribution in [0.5, 0.6) is 0 Å². The zero-order valence-electron chi connectivity index (χ0n) is 16.0. The van der Waals surface area contributed by atoms with E-state index < -0.39 is 17.8 Å². The molecule has 1 amide bonds. The number of benzene rings is 2. The number of hydrogen-bond donors (Lipinski definition) is 0. The summed E-state index contributed by atoms with van der Waals surface area (Å²) in [6.45, 7) is 1.78. The van der Waals surface area contributed by atoms with E-state index in [4.69, 9.17) is 32.7 Å². The summed E-state index contributed by atoms with van der Waals surface area (Å²) in [4.78, 5) is 41.1. The maximum absolute atomic E-state index is 12.7. The van der Waals surface area contributed by atoms with Crippen molar-refractivity contribution in [3.63, 3.8) is 0 Å². The fourth-order valence-corrected chi connectivity index (χ4v) is 4.26. The van der Waals surface area contributed by atoms with E-state index in [0.29, 0.717) is 20.8 Å². The van der Waals surface area contributed by atoms with Crippen LogP contribution in [0.3, 0.4) is 0 Å². The summed E-state index contributed by atoms with van der Waals surface area (Å²) < 4.78 is 12.0. The number of carbonyl (C=O) groups excluding carboxylic acids is 3. The van der Waals surface area contributed by atoms with Gasteiger partial charge in [0.2, 0.25) is 0 Å². The Balaban J connectivity index is 2.15. The van der Waals surface area contributed by atoms with Crippen LogP contribution < -0.4 is 4.80 Å². The van der Waals surface area contributed by atoms with Crippen molar-refractivity contribution in [2.75, 3.05) is 13.7 Å². The lowest BCUT2D eigenvalue weighted by Crippen LogP contribution is -2.23. The number of aromatic nitrogens is 1. The number of ether oxygens (including phenoxy) is 2. The molecule has 3 rings (SSSR count). The van der Waals surface area contributed by atoms with E-state index in [1.165, 1.54) is 25.3 Å². The topological polar surface area (TPSA) is 87.0 Å². The van der Waals surface area contributed by atoms with Gasteiger partial charge in [-0.3, -0.25) is 9.59 Å². The van der Waals surface area contributed by atoms with E-state index in [0.717, 1.165) is 11.3 Å². The lowest BCUT2D eigenvalue weighted by Gasteiger charge is -2.06. The SMILES string of the molecule is CCOC(=O)Cn1c(=NC(=O)c2ccc(Cl)cc2Cl)sc2cc(C(=O)OC)ccc21. The highest BCUT2D eigenvalue weighted by atomic mass is 35.5. The number of rotatable bonds is 5. The average Bonchev–Trinajstić information content (AvgIpc) is 3.03. The number of methoxy groups -OCH3 is 1. The monoisotopic (exact) mass is 466 g/mol. The van der Waals surface area contributed by atoms with E-state index in [-0.39, 0.29) is 28.5 Å². The Hall–Kier alpha value is -2.68. The first-order chi connectivity index (χ1) is 14.3. The van der Waals surface area contributed by atoms with E-state index in [1.807, 2.05) is 0 Å². The van der Waals surface area contributed by atoms with Gasteiger partial charge in [0, 0.05) is 5.02 Å². The zero-order valence-corrected chi connectivity index (χ0v) is 18.3. The van der Waals surface area contributed by atoms with Crippen LogP contribution in [-0.4, -0.2) is 36.1 Å². The van der Waals surface area contributed by atoms with Crippen molar-refractivity contribution in [3.8, 4) is 0 Å². The molecule has 30 heavy (non-hydrogen) atoms. The fourth-order valence-electron chi connectivity index (χ4n) is 2.70. The normalized spacial score (nSPS) is 11.5. The number of halogens is 2. The van der Waals surface area contributed by atoms with Gasteiger partial charge in [-0.05, 0) is 43.3 Å². The van der Waals surface area contributed by atoms with E-state index in [2.05, 4.69) is 4.99 Å². The van der Waals surface area contributed by atoms with Crippen LogP contribution in [-0.2, 0) is 20.8 Å². The summed E-state index contributed by atoms with van der Waals surface area (Å²) in [6.07, 6.45) is 0. The first-order valence-electron chi connectivity index (χ1n) is 8.75. The summed E-state index contributed by atoms with van der Waals surface area (Å²) in [5.74, 6) is -1.56. The van der Waals surface area contributed by atoms with Gasteiger partial charge in [-0.2, -0.15) is 4.99 Å². The van der Waals surface area contributed by atoms with Crippen LogP contribution in [0.1, 0.15) is 27.6 Å². The summed E-state index contributed by atoms with van der Waals surface area (Å²) >= 11 is 13.1. The molecular formula is C20H16Cl2N2O5S. The van der Waals surface area contributed by atoms with Gasteiger partial charge in [0.05, 0.1) is 40.1 Å². The van der Waals surface area contributed by atoms with Crippen molar-refractivity contribution in [2.45, 2.75) is 13.5 Å². The van der Waals surface area contributed by atoms with Gasteiger partial charge in [0.15, 0.2) is 4.80 Å². The molecule has 7 nitrogen and oxygen atoms in total. The minimum absolute atomic E-state index is 0.147. The molecule has 0 fully saturated rings. The lowest BCUT2D eigenvalue weighted by atomic mass is 10.2. The highest BCUT2D eigenvalue weighted by molar-refractivity contribution is 7.16. The molecule has 0 spiro atoms. The number of nitrogens with zero attached hydrogens (tertiary/aromatic N) is 2. The van der Waals surface area contributed by atoms with Gasteiger partial charge >= 0.3 is 11.9 Å². The molecule has 0 radical (unpaired) electrons. The highest BCUT2D eigenvalue weighted by Gasteiger charge is 2.16. The molecule has 0 aliphatic carbocycles. The molecule has 0 atom stereocenters. The fraction of sp³-hybridized carbons (Fsp3) is 0.200. The van der Waals surface area contributed by atoms with Crippen LogP contribution in [0.25, 0.3) is 10.2 Å². The van der Waals surface area contributed by atoms with Crippen molar-refractivity contribution < 1.29 is 23.9 Å². The second-order valence-corrected chi connectivity index (χ2v) is 7.84. The Kier molecular flexibility index (Phi) is 6.91. The lowest BCUT2D eigenvalue weighted by molar-refractivity contribution is -0.143. The van der Waals surface area contributed by atoms with E-state index in [9.17, 15) is 14.4 Å². The molecule has 0 saturated carbocycles. The second-order valence-electron chi connectivity index (χ2n) is 5.99. The summed E-state index contributed by atoms with van der Waals surface area (Å²) in [5.41, 5.74) is 1.14. The van der Waals surface area contributed by atoms with Gasteiger partial charge in [0.25, 0.3) is 5.91 Å². The smallest absolute Gasteiger partial charge is 0.337 e. The van der Waals surface area contributed by atoms with E-state index >= 15 is 0 Å². The number of fused-ring (bicyclic) bond motifs is 1. The molecule has 0 N–H and O–H groups in total. The first-order valence-corrected chi connectivity index (χ1v) is 10.3.